The molecule has 144 valence electrons. The molecule has 1 aliphatic rings. The standard InChI is InChI=1S/C22H32O4/c1-3-5-16-26-20-9-7-6-8-19(20)22(15-12-18(23)4-2)13-10-17(11-14-22)21(24)25/h6-9,17H,3-5,10-16H2,1-2H3,(H,24,25). The zero-order valence-electron chi connectivity index (χ0n) is 16.1. The van der Waals surface area contributed by atoms with E-state index in [1.165, 1.54) is 0 Å². The van der Waals surface area contributed by atoms with Crippen molar-refractivity contribution in [2.24, 2.45) is 5.92 Å². The van der Waals surface area contributed by atoms with Crippen LogP contribution in [-0.4, -0.2) is 23.5 Å². The van der Waals surface area contributed by atoms with Crippen molar-refractivity contribution in [2.45, 2.75) is 77.0 Å². The molecule has 0 spiro atoms. The Hall–Kier alpha value is -1.84. The predicted octanol–water partition coefficient (Wildman–Crippen LogP) is 5.14. The number of unbranched alkanes of at least 4 members (excludes halogenated alkanes) is 1. The number of ketones is 1. The Morgan fingerprint density at radius 2 is 1.88 bits per heavy atom. The monoisotopic (exact) mass is 360 g/mol. The summed E-state index contributed by atoms with van der Waals surface area (Å²) in [5, 5.41) is 9.35. The Morgan fingerprint density at radius 1 is 1.19 bits per heavy atom. The lowest BCUT2D eigenvalue weighted by molar-refractivity contribution is -0.143. The van der Waals surface area contributed by atoms with Gasteiger partial charge in [0.05, 0.1) is 12.5 Å². The summed E-state index contributed by atoms with van der Waals surface area (Å²) in [5.41, 5.74) is 1.00. The average molecular weight is 360 g/mol. The third-order valence-corrected chi connectivity index (χ3v) is 5.78. The predicted molar refractivity (Wildman–Crippen MR) is 103 cm³/mol. The molecule has 1 N–H and O–H groups in total. The number of carboxylic acid groups (broad SMARTS) is 1. The van der Waals surface area contributed by atoms with Crippen LogP contribution in [0.25, 0.3) is 0 Å². The summed E-state index contributed by atoms with van der Waals surface area (Å²) in [6.45, 7) is 4.73. The Kier molecular flexibility index (Phi) is 7.67. The molecule has 1 fully saturated rings. The molecule has 0 heterocycles. The van der Waals surface area contributed by atoms with E-state index in [-0.39, 0.29) is 17.1 Å². The van der Waals surface area contributed by atoms with Gasteiger partial charge in [-0.25, -0.2) is 0 Å². The Bertz CT molecular complexity index is 600. The van der Waals surface area contributed by atoms with Crippen LogP contribution >= 0.6 is 0 Å². The van der Waals surface area contributed by atoms with Crippen molar-refractivity contribution < 1.29 is 19.4 Å². The topological polar surface area (TPSA) is 63.6 Å². The maximum absolute atomic E-state index is 12.0. The van der Waals surface area contributed by atoms with Gasteiger partial charge in [0.15, 0.2) is 0 Å². The smallest absolute Gasteiger partial charge is 0.306 e. The van der Waals surface area contributed by atoms with E-state index in [0.717, 1.165) is 43.4 Å². The maximum atomic E-state index is 12.0. The number of ether oxygens (including phenoxy) is 1. The first kappa shape index (κ1) is 20.5. The third kappa shape index (κ3) is 5.09. The number of carboxylic acids is 1. The van der Waals surface area contributed by atoms with Crippen LogP contribution in [0.3, 0.4) is 0 Å². The van der Waals surface area contributed by atoms with Crippen LogP contribution < -0.4 is 4.74 Å². The zero-order valence-corrected chi connectivity index (χ0v) is 16.1. The van der Waals surface area contributed by atoms with Gasteiger partial charge in [0, 0.05) is 18.4 Å². The quantitative estimate of drug-likeness (QED) is 0.587. The van der Waals surface area contributed by atoms with E-state index in [2.05, 4.69) is 13.0 Å². The van der Waals surface area contributed by atoms with Gasteiger partial charge in [-0.2, -0.15) is 0 Å². The van der Waals surface area contributed by atoms with Crippen molar-refractivity contribution >= 4 is 11.8 Å². The van der Waals surface area contributed by atoms with E-state index < -0.39 is 5.97 Å². The molecule has 0 amide bonds. The van der Waals surface area contributed by atoms with E-state index in [9.17, 15) is 14.7 Å². The van der Waals surface area contributed by atoms with E-state index in [0.29, 0.717) is 32.3 Å². The van der Waals surface area contributed by atoms with Crippen LogP contribution in [0.4, 0.5) is 0 Å². The second-order valence-electron chi connectivity index (χ2n) is 7.48. The first-order chi connectivity index (χ1) is 12.5. The molecule has 1 aromatic carbocycles. The van der Waals surface area contributed by atoms with Crippen molar-refractivity contribution in [3.05, 3.63) is 29.8 Å². The van der Waals surface area contributed by atoms with Crippen LogP contribution in [0.1, 0.15) is 77.2 Å². The largest absolute Gasteiger partial charge is 0.493 e. The number of carbonyl (C=O) groups excluding carboxylic acids is 1. The van der Waals surface area contributed by atoms with Crippen LogP contribution in [0.5, 0.6) is 5.75 Å². The zero-order chi connectivity index (χ0) is 19.0. The maximum Gasteiger partial charge on any atom is 0.306 e. The molecule has 4 nitrogen and oxygen atoms in total. The highest BCUT2D eigenvalue weighted by molar-refractivity contribution is 5.78. The Balaban J connectivity index is 2.26. The van der Waals surface area contributed by atoms with Gasteiger partial charge < -0.3 is 9.84 Å². The normalized spacial score (nSPS) is 22.8. The number of hydrogen-bond acceptors (Lipinski definition) is 3. The lowest BCUT2D eigenvalue weighted by Gasteiger charge is -2.40. The van der Waals surface area contributed by atoms with Crippen molar-refractivity contribution in [1.82, 2.24) is 0 Å². The van der Waals surface area contributed by atoms with Gasteiger partial charge in [0.25, 0.3) is 0 Å². The minimum Gasteiger partial charge on any atom is -0.493 e. The number of rotatable bonds is 10. The van der Waals surface area contributed by atoms with Gasteiger partial charge in [-0.3, -0.25) is 9.59 Å². The van der Waals surface area contributed by atoms with Crippen molar-refractivity contribution in [1.29, 1.82) is 0 Å². The van der Waals surface area contributed by atoms with Gasteiger partial charge in [-0.1, -0.05) is 38.5 Å². The molecule has 0 bridgehead atoms. The molecule has 0 saturated heterocycles. The molecule has 2 rings (SSSR count). The number of benzene rings is 1. The highest BCUT2D eigenvalue weighted by Gasteiger charge is 2.40. The molecule has 0 aromatic heterocycles. The number of Topliss-reactive ketones (excluding diaryl/α,β-unsaturated/α-hetero) is 1. The first-order valence-corrected chi connectivity index (χ1v) is 9.99. The van der Waals surface area contributed by atoms with Crippen LogP contribution in [0, 0.1) is 5.92 Å². The van der Waals surface area contributed by atoms with Crippen LogP contribution in [0.2, 0.25) is 0 Å². The fourth-order valence-electron chi connectivity index (χ4n) is 3.98. The molecular formula is C22H32O4. The first-order valence-electron chi connectivity index (χ1n) is 9.99. The number of hydrogen-bond donors (Lipinski definition) is 1. The second-order valence-corrected chi connectivity index (χ2v) is 7.48. The molecule has 26 heavy (non-hydrogen) atoms. The summed E-state index contributed by atoms with van der Waals surface area (Å²) in [6.07, 6.45) is 6.91. The van der Waals surface area contributed by atoms with E-state index in [4.69, 9.17) is 4.74 Å². The van der Waals surface area contributed by atoms with Gasteiger partial charge in [0.1, 0.15) is 11.5 Å². The molecule has 0 radical (unpaired) electrons. The molecule has 0 aliphatic heterocycles. The molecule has 1 saturated carbocycles. The van der Waals surface area contributed by atoms with E-state index in [1.807, 2.05) is 25.1 Å². The van der Waals surface area contributed by atoms with Gasteiger partial charge in [0.2, 0.25) is 0 Å². The van der Waals surface area contributed by atoms with Gasteiger partial charge in [-0.15, -0.1) is 0 Å². The summed E-state index contributed by atoms with van der Waals surface area (Å²) in [7, 11) is 0. The number of aliphatic carboxylic acids is 1. The fourth-order valence-corrected chi connectivity index (χ4v) is 3.98. The van der Waals surface area contributed by atoms with Crippen LogP contribution in [-0.2, 0) is 15.0 Å². The van der Waals surface area contributed by atoms with Crippen molar-refractivity contribution in [3.8, 4) is 5.75 Å². The Labute approximate surface area is 156 Å². The lowest BCUT2D eigenvalue weighted by atomic mass is 9.64. The number of carbonyl (C=O) groups is 2. The number of para-hydroxylation sites is 1. The third-order valence-electron chi connectivity index (χ3n) is 5.78. The van der Waals surface area contributed by atoms with Gasteiger partial charge in [-0.05, 0) is 50.0 Å². The highest BCUT2D eigenvalue weighted by Crippen LogP contribution is 2.48. The van der Waals surface area contributed by atoms with E-state index >= 15 is 0 Å². The average Bonchev–Trinajstić information content (AvgIpc) is 2.67. The molecule has 1 aromatic rings. The van der Waals surface area contributed by atoms with Gasteiger partial charge >= 0.3 is 5.97 Å². The Morgan fingerprint density at radius 3 is 2.50 bits per heavy atom. The SMILES string of the molecule is CCCCOc1ccccc1C1(CCC(=O)CC)CCC(C(=O)O)CC1. The minimum atomic E-state index is -0.698. The highest BCUT2D eigenvalue weighted by atomic mass is 16.5. The molecule has 0 unspecified atom stereocenters. The second kappa shape index (κ2) is 9.75. The molecule has 4 heteroatoms. The summed E-state index contributed by atoms with van der Waals surface area (Å²) in [5.74, 6) is 0.210. The fraction of sp³-hybridized carbons (Fsp3) is 0.636. The summed E-state index contributed by atoms with van der Waals surface area (Å²) in [6, 6.07) is 8.13. The lowest BCUT2D eigenvalue weighted by Crippen LogP contribution is -2.35. The van der Waals surface area contributed by atoms with E-state index in [1.54, 1.807) is 0 Å². The minimum absolute atomic E-state index is 0.153. The molecule has 1 aliphatic carbocycles. The van der Waals surface area contributed by atoms with Crippen molar-refractivity contribution in [2.75, 3.05) is 6.61 Å². The van der Waals surface area contributed by atoms with Crippen LogP contribution in [0.15, 0.2) is 24.3 Å². The summed E-state index contributed by atoms with van der Waals surface area (Å²) >= 11 is 0. The summed E-state index contributed by atoms with van der Waals surface area (Å²) in [4.78, 5) is 23.3. The molecular weight excluding hydrogens is 328 g/mol. The summed E-state index contributed by atoms with van der Waals surface area (Å²) < 4.78 is 6.06. The van der Waals surface area contributed by atoms with Crippen molar-refractivity contribution in [3.63, 3.8) is 0 Å². The molecule has 0 atom stereocenters.